The molecule has 21 heavy (non-hydrogen) atoms. The summed E-state index contributed by atoms with van der Waals surface area (Å²) in [6.07, 6.45) is 1.29. The lowest BCUT2D eigenvalue weighted by atomic mass is 9.89. The van der Waals surface area contributed by atoms with Crippen LogP contribution in [0.3, 0.4) is 0 Å². The van der Waals surface area contributed by atoms with E-state index < -0.39 is 0 Å². The molecule has 0 saturated heterocycles. The predicted molar refractivity (Wildman–Crippen MR) is 86.9 cm³/mol. The Bertz CT molecular complexity index is 616. The van der Waals surface area contributed by atoms with Crippen molar-refractivity contribution in [3.63, 3.8) is 0 Å². The van der Waals surface area contributed by atoms with Gasteiger partial charge in [0.2, 0.25) is 0 Å². The Balaban J connectivity index is 1.97. The van der Waals surface area contributed by atoms with Crippen LogP contribution in [0.1, 0.15) is 42.1 Å². The van der Waals surface area contributed by atoms with Crippen molar-refractivity contribution >= 4 is 0 Å². The second-order valence-electron chi connectivity index (χ2n) is 6.08. The maximum atomic E-state index is 5.86. The molecule has 1 aliphatic heterocycles. The molecule has 0 radical (unpaired) electrons. The molecule has 1 N–H and O–H groups in total. The van der Waals surface area contributed by atoms with Crippen molar-refractivity contribution in [3.05, 3.63) is 64.7 Å². The van der Waals surface area contributed by atoms with Crippen LogP contribution in [-0.4, -0.2) is 12.6 Å². The molecule has 2 aromatic rings. The first-order valence-electron chi connectivity index (χ1n) is 7.73. The third kappa shape index (κ3) is 3.11. The normalized spacial score (nSPS) is 17.6. The third-order valence-electron chi connectivity index (χ3n) is 3.95. The second-order valence-corrected chi connectivity index (χ2v) is 6.08. The number of hydrogen-bond acceptors (Lipinski definition) is 2. The van der Waals surface area contributed by atoms with Gasteiger partial charge in [-0.3, -0.25) is 0 Å². The monoisotopic (exact) mass is 281 g/mol. The highest BCUT2D eigenvalue weighted by Gasteiger charge is 2.21. The molecule has 0 aliphatic carbocycles. The van der Waals surface area contributed by atoms with Gasteiger partial charge in [-0.15, -0.1) is 0 Å². The predicted octanol–water partition coefficient (Wildman–Crippen LogP) is 4.02. The van der Waals surface area contributed by atoms with Gasteiger partial charge in [0.1, 0.15) is 5.75 Å². The van der Waals surface area contributed by atoms with Crippen LogP contribution in [0, 0.1) is 6.92 Å². The summed E-state index contributed by atoms with van der Waals surface area (Å²) in [5.74, 6) is 0.963. The molecule has 0 fully saturated rings. The Labute approximate surface area is 127 Å². The van der Waals surface area contributed by atoms with E-state index in [0.717, 1.165) is 18.7 Å². The quantitative estimate of drug-likeness (QED) is 0.917. The molecule has 0 bridgehead atoms. The van der Waals surface area contributed by atoms with E-state index in [1.54, 1.807) is 0 Å². The average molecular weight is 281 g/mol. The summed E-state index contributed by atoms with van der Waals surface area (Å²) < 4.78 is 5.86. The summed E-state index contributed by atoms with van der Waals surface area (Å²) in [4.78, 5) is 0. The molecule has 2 heteroatoms. The lowest BCUT2D eigenvalue weighted by Crippen LogP contribution is -2.30. The number of fused-ring (bicyclic) bond motifs is 1. The van der Waals surface area contributed by atoms with Crippen molar-refractivity contribution in [2.75, 3.05) is 6.54 Å². The van der Waals surface area contributed by atoms with E-state index in [1.807, 2.05) is 0 Å². The Hall–Kier alpha value is -1.80. The van der Waals surface area contributed by atoms with E-state index in [1.165, 1.54) is 22.3 Å². The molecule has 1 atom stereocenters. The largest absolute Gasteiger partial charge is 0.491 e. The summed E-state index contributed by atoms with van der Waals surface area (Å²) in [5.41, 5.74) is 5.40. The van der Waals surface area contributed by atoms with Crippen molar-refractivity contribution < 1.29 is 4.74 Å². The van der Waals surface area contributed by atoms with Crippen LogP contribution in [0.2, 0.25) is 0 Å². The fourth-order valence-electron chi connectivity index (χ4n) is 2.93. The average Bonchev–Trinajstić information content (AvgIpc) is 2.47. The molecule has 2 aromatic carbocycles. The number of hydrogen-bond donors (Lipinski definition) is 1. The maximum absolute atomic E-state index is 5.86. The summed E-state index contributed by atoms with van der Waals surface area (Å²) in [6.45, 7) is 7.28. The Morgan fingerprint density at radius 3 is 2.57 bits per heavy atom. The van der Waals surface area contributed by atoms with Crippen molar-refractivity contribution in [3.8, 4) is 5.75 Å². The molecule has 0 amide bonds. The third-order valence-corrected chi connectivity index (χ3v) is 3.95. The van der Waals surface area contributed by atoms with Gasteiger partial charge in [0.05, 0.1) is 12.1 Å². The van der Waals surface area contributed by atoms with E-state index in [9.17, 15) is 0 Å². The first-order chi connectivity index (χ1) is 10.1. The Kier molecular flexibility index (Phi) is 3.98. The molecule has 0 aromatic heterocycles. The highest BCUT2D eigenvalue weighted by Crippen LogP contribution is 2.32. The summed E-state index contributed by atoms with van der Waals surface area (Å²) in [6, 6.07) is 15.6. The van der Waals surface area contributed by atoms with E-state index in [-0.39, 0.29) is 12.1 Å². The standard InChI is InChI=1S/C19H23NO/c1-13(2)21-17-9-8-15-10-11-20-19(18(15)12-17)16-6-4-14(3)5-7-16/h4-9,12-13,19-20H,10-11H2,1-3H3. The van der Waals surface area contributed by atoms with Crippen LogP contribution in [0.15, 0.2) is 42.5 Å². The van der Waals surface area contributed by atoms with Gasteiger partial charge in [0.15, 0.2) is 0 Å². The van der Waals surface area contributed by atoms with Gasteiger partial charge in [-0.2, -0.15) is 0 Å². The minimum absolute atomic E-state index is 0.206. The molecule has 3 rings (SSSR count). The first kappa shape index (κ1) is 14.2. The van der Waals surface area contributed by atoms with Crippen molar-refractivity contribution in [1.29, 1.82) is 0 Å². The smallest absolute Gasteiger partial charge is 0.120 e. The zero-order valence-electron chi connectivity index (χ0n) is 13.0. The van der Waals surface area contributed by atoms with Gasteiger partial charge < -0.3 is 10.1 Å². The van der Waals surface area contributed by atoms with Gasteiger partial charge in [0.25, 0.3) is 0 Å². The van der Waals surface area contributed by atoms with E-state index in [4.69, 9.17) is 4.74 Å². The van der Waals surface area contributed by atoms with Crippen LogP contribution in [0.25, 0.3) is 0 Å². The van der Waals surface area contributed by atoms with Crippen molar-refractivity contribution in [2.24, 2.45) is 0 Å². The van der Waals surface area contributed by atoms with Gasteiger partial charge in [0, 0.05) is 6.54 Å². The van der Waals surface area contributed by atoms with Crippen molar-refractivity contribution in [1.82, 2.24) is 5.32 Å². The fourth-order valence-corrected chi connectivity index (χ4v) is 2.93. The zero-order valence-corrected chi connectivity index (χ0v) is 13.0. The molecule has 2 nitrogen and oxygen atoms in total. The summed E-state index contributed by atoms with van der Waals surface area (Å²) in [7, 11) is 0. The van der Waals surface area contributed by atoms with Crippen LogP contribution >= 0.6 is 0 Å². The summed E-state index contributed by atoms with van der Waals surface area (Å²) in [5, 5.41) is 3.64. The minimum atomic E-state index is 0.206. The number of benzene rings is 2. The minimum Gasteiger partial charge on any atom is -0.491 e. The molecule has 110 valence electrons. The van der Waals surface area contributed by atoms with Gasteiger partial charge >= 0.3 is 0 Å². The van der Waals surface area contributed by atoms with Crippen LogP contribution in [-0.2, 0) is 6.42 Å². The molecular formula is C19H23NO. The highest BCUT2D eigenvalue weighted by molar-refractivity contribution is 5.44. The number of rotatable bonds is 3. The summed E-state index contributed by atoms with van der Waals surface area (Å²) >= 11 is 0. The second kappa shape index (κ2) is 5.90. The Morgan fingerprint density at radius 2 is 1.86 bits per heavy atom. The van der Waals surface area contributed by atoms with Gasteiger partial charge in [-0.25, -0.2) is 0 Å². The number of ether oxygens (including phenoxy) is 1. The van der Waals surface area contributed by atoms with E-state index >= 15 is 0 Å². The van der Waals surface area contributed by atoms with Crippen LogP contribution < -0.4 is 10.1 Å². The van der Waals surface area contributed by atoms with Crippen molar-refractivity contribution in [2.45, 2.75) is 39.3 Å². The Morgan fingerprint density at radius 1 is 1.10 bits per heavy atom. The van der Waals surface area contributed by atoms with Gasteiger partial charge in [-0.1, -0.05) is 35.9 Å². The molecule has 1 aliphatic rings. The van der Waals surface area contributed by atoms with E-state index in [0.29, 0.717) is 0 Å². The maximum Gasteiger partial charge on any atom is 0.120 e. The van der Waals surface area contributed by atoms with E-state index in [2.05, 4.69) is 68.6 Å². The lowest BCUT2D eigenvalue weighted by Gasteiger charge is -2.28. The molecule has 0 spiro atoms. The topological polar surface area (TPSA) is 21.3 Å². The number of nitrogens with one attached hydrogen (secondary N) is 1. The first-order valence-corrected chi connectivity index (χ1v) is 7.73. The molecular weight excluding hydrogens is 258 g/mol. The van der Waals surface area contributed by atoms with Gasteiger partial charge in [-0.05, 0) is 56.0 Å². The van der Waals surface area contributed by atoms with Crippen LogP contribution in [0.4, 0.5) is 0 Å². The number of aryl methyl sites for hydroxylation is 1. The van der Waals surface area contributed by atoms with Crippen LogP contribution in [0.5, 0.6) is 5.75 Å². The molecule has 1 heterocycles. The lowest BCUT2D eigenvalue weighted by molar-refractivity contribution is 0.242. The fraction of sp³-hybridized carbons (Fsp3) is 0.368. The SMILES string of the molecule is Cc1ccc(C2NCCc3ccc(OC(C)C)cc32)cc1. The molecule has 1 unspecified atom stereocenters. The highest BCUT2D eigenvalue weighted by atomic mass is 16.5. The molecule has 0 saturated carbocycles. The zero-order chi connectivity index (χ0) is 14.8.